The van der Waals surface area contributed by atoms with E-state index in [1.807, 2.05) is 5.01 Å². The van der Waals surface area contributed by atoms with Crippen molar-refractivity contribution in [2.75, 3.05) is 6.54 Å². The van der Waals surface area contributed by atoms with Crippen LogP contribution in [0, 0.1) is 13.8 Å². The summed E-state index contributed by atoms with van der Waals surface area (Å²) in [4.78, 5) is 0. The van der Waals surface area contributed by atoms with E-state index in [0.29, 0.717) is 6.04 Å². The lowest BCUT2D eigenvalue weighted by atomic mass is 9.98. The van der Waals surface area contributed by atoms with Gasteiger partial charge in [0.15, 0.2) is 0 Å². The first-order valence-corrected chi connectivity index (χ1v) is 5.27. The Labute approximate surface area is 85.7 Å². The number of nitrogens with zero attached hydrogens (tertiary/aromatic N) is 1. The van der Waals surface area contributed by atoms with Gasteiger partial charge in [-0.1, -0.05) is 23.8 Å². The molecular formula is C12H18N2. The van der Waals surface area contributed by atoms with Gasteiger partial charge in [-0.05, 0) is 37.8 Å². The molecule has 2 rings (SSSR count). The fourth-order valence-corrected chi connectivity index (χ4v) is 2.24. The second-order valence-electron chi connectivity index (χ2n) is 4.26. The highest BCUT2D eigenvalue weighted by Crippen LogP contribution is 2.31. The molecule has 2 N–H and O–H groups in total. The molecule has 1 fully saturated rings. The van der Waals surface area contributed by atoms with Crippen molar-refractivity contribution in [3.63, 3.8) is 0 Å². The van der Waals surface area contributed by atoms with Gasteiger partial charge in [0.2, 0.25) is 0 Å². The third-order valence-corrected chi connectivity index (χ3v) is 3.09. The summed E-state index contributed by atoms with van der Waals surface area (Å²) in [5.41, 5.74) is 4.09. The maximum atomic E-state index is 5.96. The Morgan fingerprint density at radius 2 is 2.14 bits per heavy atom. The predicted molar refractivity (Wildman–Crippen MR) is 58.8 cm³/mol. The Balaban J connectivity index is 2.34. The summed E-state index contributed by atoms with van der Waals surface area (Å²) in [5, 5.41) is 1.97. The van der Waals surface area contributed by atoms with Gasteiger partial charge in [-0.15, -0.1) is 0 Å². The molecule has 0 amide bonds. The van der Waals surface area contributed by atoms with Crippen LogP contribution in [-0.2, 0) is 0 Å². The number of hydrogen-bond acceptors (Lipinski definition) is 2. The van der Waals surface area contributed by atoms with Gasteiger partial charge in [-0.3, -0.25) is 5.84 Å². The van der Waals surface area contributed by atoms with E-state index in [4.69, 9.17) is 5.84 Å². The topological polar surface area (TPSA) is 29.3 Å². The van der Waals surface area contributed by atoms with Crippen LogP contribution in [0.3, 0.4) is 0 Å². The Kier molecular flexibility index (Phi) is 2.57. The molecule has 1 saturated heterocycles. The van der Waals surface area contributed by atoms with Crippen LogP contribution >= 0.6 is 0 Å². The standard InChI is InChI=1S/C12H18N2/c1-9-5-6-10(2)11(8-9)12-4-3-7-14(12)13/h5-6,8,12H,3-4,7,13H2,1-2H3. The lowest BCUT2D eigenvalue weighted by molar-refractivity contribution is 0.265. The SMILES string of the molecule is Cc1ccc(C)c(C2CCCN2N)c1. The van der Waals surface area contributed by atoms with Crippen LogP contribution in [0.1, 0.15) is 35.6 Å². The van der Waals surface area contributed by atoms with Crippen molar-refractivity contribution in [1.29, 1.82) is 0 Å². The van der Waals surface area contributed by atoms with Crippen molar-refractivity contribution in [2.24, 2.45) is 5.84 Å². The van der Waals surface area contributed by atoms with Crippen LogP contribution in [0.2, 0.25) is 0 Å². The van der Waals surface area contributed by atoms with Crippen molar-refractivity contribution < 1.29 is 0 Å². The summed E-state index contributed by atoms with van der Waals surface area (Å²) in [6.45, 7) is 5.33. The number of nitrogens with two attached hydrogens (primary N) is 1. The molecule has 0 saturated carbocycles. The molecule has 1 aromatic rings. The zero-order valence-electron chi connectivity index (χ0n) is 8.96. The molecule has 1 unspecified atom stereocenters. The predicted octanol–water partition coefficient (Wildman–Crippen LogP) is 2.31. The lowest BCUT2D eigenvalue weighted by Gasteiger charge is -2.21. The van der Waals surface area contributed by atoms with E-state index in [-0.39, 0.29) is 0 Å². The highest BCUT2D eigenvalue weighted by atomic mass is 15.4. The monoisotopic (exact) mass is 190 g/mol. The average Bonchev–Trinajstić information content (AvgIpc) is 2.56. The quantitative estimate of drug-likeness (QED) is 0.689. The van der Waals surface area contributed by atoms with Crippen molar-refractivity contribution >= 4 is 0 Å². The molecule has 1 aromatic carbocycles. The van der Waals surface area contributed by atoms with Gasteiger partial charge in [-0.25, -0.2) is 5.01 Å². The van der Waals surface area contributed by atoms with E-state index >= 15 is 0 Å². The molecular weight excluding hydrogens is 172 g/mol. The van der Waals surface area contributed by atoms with Crippen LogP contribution in [0.4, 0.5) is 0 Å². The Morgan fingerprint density at radius 3 is 2.79 bits per heavy atom. The number of hydrazine groups is 1. The van der Waals surface area contributed by atoms with Crippen molar-refractivity contribution in [2.45, 2.75) is 32.7 Å². The molecule has 2 heteroatoms. The number of aryl methyl sites for hydroxylation is 2. The second-order valence-corrected chi connectivity index (χ2v) is 4.26. The molecule has 1 atom stereocenters. The van der Waals surface area contributed by atoms with Crippen LogP contribution in [0.15, 0.2) is 18.2 Å². The zero-order valence-corrected chi connectivity index (χ0v) is 8.96. The minimum Gasteiger partial charge on any atom is -0.268 e. The summed E-state index contributed by atoms with van der Waals surface area (Å²) >= 11 is 0. The Hall–Kier alpha value is -0.860. The van der Waals surface area contributed by atoms with Crippen molar-refractivity contribution in [3.05, 3.63) is 34.9 Å². The van der Waals surface area contributed by atoms with Gasteiger partial charge in [-0.2, -0.15) is 0 Å². The van der Waals surface area contributed by atoms with Crippen LogP contribution in [0.25, 0.3) is 0 Å². The average molecular weight is 190 g/mol. The van der Waals surface area contributed by atoms with Gasteiger partial charge in [0.05, 0.1) is 0 Å². The van der Waals surface area contributed by atoms with Gasteiger partial charge < -0.3 is 0 Å². The van der Waals surface area contributed by atoms with E-state index in [0.717, 1.165) is 6.54 Å². The van der Waals surface area contributed by atoms with Gasteiger partial charge in [0.1, 0.15) is 0 Å². The van der Waals surface area contributed by atoms with Gasteiger partial charge >= 0.3 is 0 Å². The summed E-state index contributed by atoms with van der Waals surface area (Å²) in [5.74, 6) is 5.96. The molecule has 0 spiro atoms. The first-order chi connectivity index (χ1) is 6.68. The van der Waals surface area contributed by atoms with E-state index in [9.17, 15) is 0 Å². The van der Waals surface area contributed by atoms with Crippen LogP contribution in [-0.4, -0.2) is 11.6 Å². The van der Waals surface area contributed by atoms with Crippen molar-refractivity contribution in [1.82, 2.24) is 5.01 Å². The number of hydrogen-bond donors (Lipinski definition) is 1. The third-order valence-electron chi connectivity index (χ3n) is 3.09. The lowest BCUT2D eigenvalue weighted by Crippen LogP contribution is -2.30. The molecule has 0 aliphatic carbocycles. The minimum absolute atomic E-state index is 0.440. The largest absolute Gasteiger partial charge is 0.268 e. The Bertz CT molecular complexity index is 333. The summed E-state index contributed by atoms with van der Waals surface area (Å²) < 4.78 is 0. The Morgan fingerprint density at radius 1 is 1.36 bits per heavy atom. The number of rotatable bonds is 1. The second kappa shape index (κ2) is 3.71. The fourth-order valence-electron chi connectivity index (χ4n) is 2.24. The molecule has 2 nitrogen and oxygen atoms in total. The van der Waals surface area contributed by atoms with Crippen LogP contribution in [0.5, 0.6) is 0 Å². The van der Waals surface area contributed by atoms with Crippen molar-refractivity contribution in [3.8, 4) is 0 Å². The first-order valence-electron chi connectivity index (χ1n) is 5.27. The minimum atomic E-state index is 0.440. The fraction of sp³-hybridized carbons (Fsp3) is 0.500. The third kappa shape index (κ3) is 1.68. The van der Waals surface area contributed by atoms with Gasteiger partial charge in [0, 0.05) is 12.6 Å². The molecule has 0 aromatic heterocycles. The highest BCUT2D eigenvalue weighted by Gasteiger charge is 2.24. The normalized spacial score (nSPS) is 22.9. The van der Waals surface area contributed by atoms with E-state index in [2.05, 4.69) is 32.0 Å². The van der Waals surface area contributed by atoms with E-state index < -0.39 is 0 Å². The maximum Gasteiger partial charge on any atom is 0.0493 e. The maximum absolute atomic E-state index is 5.96. The molecule has 1 aliphatic rings. The molecule has 1 aliphatic heterocycles. The molecule has 0 radical (unpaired) electrons. The molecule has 1 heterocycles. The molecule has 0 bridgehead atoms. The summed E-state index contributed by atoms with van der Waals surface area (Å²) in [6.07, 6.45) is 2.41. The summed E-state index contributed by atoms with van der Waals surface area (Å²) in [6, 6.07) is 7.06. The smallest absolute Gasteiger partial charge is 0.0493 e. The van der Waals surface area contributed by atoms with Crippen LogP contribution < -0.4 is 5.84 Å². The molecule has 76 valence electrons. The first kappa shape index (κ1) is 9.69. The summed E-state index contributed by atoms with van der Waals surface area (Å²) in [7, 11) is 0. The van der Waals surface area contributed by atoms with E-state index in [1.165, 1.54) is 29.5 Å². The zero-order chi connectivity index (χ0) is 10.1. The highest BCUT2D eigenvalue weighted by molar-refractivity contribution is 5.33. The molecule has 14 heavy (non-hydrogen) atoms. The number of benzene rings is 1. The van der Waals surface area contributed by atoms with E-state index in [1.54, 1.807) is 0 Å². The van der Waals surface area contributed by atoms with Gasteiger partial charge in [0.25, 0.3) is 0 Å².